The lowest BCUT2D eigenvalue weighted by Crippen LogP contribution is -2.25. The first-order valence-corrected chi connectivity index (χ1v) is 8.03. The number of aryl methyl sites for hydroxylation is 1. The zero-order chi connectivity index (χ0) is 18.7. The fourth-order valence-corrected chi connectivity index (χ4v) is 2.64. The second kappa shape index (κ2) is 7.22. The molecule has 0 spiro atoms. The first kappa shape index (κ1) is 17.4. The summed E-state index contributed by atoms with van der Waals surface area (Å²) in [6, 6.07) is 8.10. The normalized spacial score (nSPS) is 10.7. The van der Waals surface area contributed by atoms with Gasteiger partial charge in [-0.2, -0.15) is 0 Å². The van der Waals surface area contributed by atoms with Crippen LogP contribution in [-0.4, -0.2) is 33.9 Å². The maximum atomic E-state index is 12.2. The summed E-state index contributed by atoms with van der Waals surface area (Å²) in [6.07, 6.45) is 4.42. The molecule has 2 aromatic heterocycles. The lowest BCUT2D eigenvalue weighted by Gasteiger charge is -2.06. The zero-order valence-electron chi connectivity index (χ0n) is 14.4. The molecule has 2 heterocycles. The third-order valence-corrected chi connectivity index (χ3v) is 3.97. The van der Waals surface area contributed by atoms with Gasteiger partial charge in [0.15, 0.2) is 5.75 Å². The summed E-state index contributed by atoms with van der Waals surface area (Å²) in [7, 11) is 1.35. The van der Waals surface area contributed by atoms with Crippen molar-refractivity contribution in [3.63, 3.8) is 0 Å². The lowest BCUT2D eigenvalue weighted by molar-refractivity contribution is -0.385. The van der Waals surface area contributed by atoms with Crippen LogP contribution >= 0.6 is 0 Å². The molecule has 0 atom stereocenters. The smallest absolute Gasteiger partial charge is 0.311 e. The van der Waals surface area contributed by atoms with Gasteiger partial charge in [0.05, 0.1) is 17.7 Å². The van der Waals surface area contributed by atoms with E-state index in [-0.39, 0.29) is 22.9 Å². The van der Waals surface area contributed by atoms with Crippen molar-refractivity contribution in [2.24, 2.45) is 0 Å². The van der Waals surface area contributed by atoms with E-state index in [1.54, 1.807) is 0 Å². The maximum Gasteiger partial charge on any atom is 0.311 e. The van der Waals surface area contributed by atoms with Crippen molar-refractivity contribution in [3.8, 4) is 5.75 Å². The molecule has 0 saturated heterocycles. The average Bonchev–Trinajstić information content (AvgIpc) is 3.02. The van der Waals surface area contributed by atoms with Gasteiger partial charge in [0.25, 0.3) is 5.91 Å². The van der Waals surface area contributed by atoms with Gasteiger partial charge in [-0.1, -0.05) is 0 Å². The van der Waals surface area contributed by atoms with E-state index >= 15 is 0 Å². The molecule has 0 bridgehead atoms. The number of aromatic nitrogens is 2. The maximum absolute atomic E-state index is 12.2. The summed E-state index contributed by atoms with van der Waals surface area (Å²) in [5, 5.41) is 13.8. The van der Waals surface area contributed by atoms with E-state index in [0.717, 1.165) is 16.9 Å². The minimum Gasteiger partial charge on any atom is -0.490 e. The van der Waals surface area contributed by atoms with Crippen molar-refractivity contribution >= 4 is 17.2 Å². The summed E-state index contributed by atoms with van der Waals surface area (Å²) in [4.78, 5) is 27.2. The first-order valence-electron chi connectivity index (χ1n) is 8.03. The van der Waals surface area contributed by atoms with Crippen LogP contribution in [0, 0.1) is 17.0 Å². The number of benzene rings is 1. The topological polar surface area (TPSA) is 98.8 Å². The second-order valence-corrected chi connectivity index (χ2v) is 5.85. The minimum atomic E-state index is -0.575. The zero-order valence-corrected chi connectivity index (χ0v) is 14.4. The Kier molecular flexibility index (Phi) is 4.83. The van der Waals surface area contributed by atoms with Gasteiger partial charge in [-0.15, -0.1) is 0 Å². The number of carbonyl (C=O) groups is 1. The third kappa shape index (κ3) is 3.64. The lowest BCUT2D eigenvalue weighted by atomic mass is 10.1. The van der Waals surface area contributed by atoms with Crippen LogP contribution in [0.25, 0.3) is 5.65 Å². The summed E-state index contributed by atoms with van der Waals surface area (Å²) in [5.41, 5.74) is 2.82. The molecule has 1 aromatic carbocycles. The van der Waals surface area contributed by atoms with E-state index < -0.39 is 4.92 Å². The molecule has 0 aliphatic heterocycles. The fraction of sp³-hybridized carbons (Fsp3) is 0.222. The van der Waals surface area contributed by atoms with Crippen LogP contribution < -0.4 is 10.1 Å². The van der Waals surface area contributed by atoms with Gasteiger partial charge in [0, 0.05) is 37.0 Å². The van der Waals surface area contributed by atoms with Crippen molar-refractivity contribution < 1.29 is 14.5 Å². The highest BCUT2D eigenvalue weighted by molar-refractivity contribution is 5.95. The molecular weight excluding hydrogens is 336 g/mol. The van der Waals surface area contributed by atoms with Crippen molar-refractivity contribution in [1.82, 2.24) is 14.7 Å². The number of nitrogens with one attached hydrogen (secondary N) is 1. The summed E-state index contributed by atoms with van der Waals surface area (Å²) in [5.74, 6) is -0.262. The number of amides is 1. The number of methoxy groups -OCH3 is 1. The molecule has 134 valence electrons. The van der Waals surface area contributed by atoms with Gasteiger partial charge < -0.3 is 14.5 Å². The molecule has 3 aromatic rings. The Labute approximate surface area is 149 Å². The van der Waals surface area contributed by atoms with Crippen molar-refractivity contribution in [2.75, 3.05) is 13.7 Å². The van der Waals surface area contributed by atoms with Crippen molar-refractivity contribution in [3.05, 3.63) is 69.7 Å². The summed E-state index contributed by atoms with van der Waals surface area (Å²) in [6.45, 7) is 2.38. The Morgan fingerprint density at radius 1 is 1.35 bits per heavy atom. The van der Waals surface area contributed by atoms with Gasteiger partial charge in [-0.3, -0.25) is 14.9 Å². The highest BCUT2D eigenvalue weighted by Crippen LogP contribution is 2.27. The number of nitro benzene ring substituents is 1. The highest BCUT2D eigenvalue weighted by atomic mass is 16.6. The Balaban J connectivity index is 1.64. The van der Waals surface area contributed by atoms with Crippen LogP contribution in [0.3, 0.4) is 0 Å². The highest BCUT2D eigenvalue weighted by Gasteiger charge is 2.18. The van der Waals surface area contributed by atoms with Gasteiger partial charge >= 0.3 is 5.69 Å². The second-order valence-electron chi connectivity index (χ2n) is 5.85. The SMILES string of the molecule is COc1ccc(C(=O)NCCc2cn3ccc(C)cc3n2)cc1[N+](=O)[O-]. The minimum absolute atomic E-state index is 0.117. The van der Waals surface area contributed by atoms with Gasteiger partial charge in [0.1, 0.15) is 5.65 Å². The quantitative estimate of drug-likeness (QED) is 0.542. The number of ether oxygens (including phenoxy) is 1. The molecule has 0 unspecified atom stereocenters. The number of pyridine rings is 1. The Morgan fingerprint density at radius 3 is 2.88 bits per heavy atom. The predicted molar refractivity (Wildman–Crippen MR) is 95.6 cm³/mol. The molecule has 8 nitrogen and oxygen atoms in total. The molecular formula is C18H18N4O4. The van der Waals surface area contributed by atoms with E-state index in [4.69, 9.17) is 4.74 Å². The molecule has 26 heavy (non-hydrogen) atoms. The van der Waals surface area contributed by atoms with Crippen LogP contribution in [0.1, 0.15) is 21.6 Å². The van der Waals surface area contributed by atoms with Crippen LogP contribution in [0.4, 0.5) is 5.69 Å². The summed E-state index contributed by atoms with van der Waals surface area (Å²) < 4.78 is 6.86. The third-order valence-electron chi connectivity index (χ3n) is 3.97. The van der Waals surface area contributed by atoms with E-state index in [1.807, 2.05) is 35.9 Å². The molecule has 0 radical (unpaired) electrons. The van der Waals surface area contributed by atoms with Gasteiger partial charge in [-0.05, 0) is 36.8 Å². The predicted octanol–water partition coefficient (Wildman–Crippen LogP) is 2.53. The van der Waals surface area contributed by atoms with Gasteiger partial charge in [-0.25, -0.2) is 4.98 Å². The van der Waals surface area contributed by atoms with Crippen molar-refractivity contribution in [2.45, 2.75) is 13.3 Å². The standard InChI is InChI=1S/C18H18N4O4/c1-12-6-8-21-11-14(20-17(21)9-12)5-7-19-18(23)13-3-4-16(26-2)15(10-13)22(24)25/h3-4,6,8-11H,5,7H2,1-2H3,(H,19,23). The number of hydrogen-bond donors (Lipinski definition) is 1. The first-order chi connectivity index (χ1) is 12.5. The molecule has 8 heteroatoms. The van der Waals surface area contributed by atoms with Gasteiger partial charge in [0.2, 0.25) is 0 Å². The van der Waals surface area contributed by atoms with Crippen LogP contribution in [0.2, 0.25) is 0 Å². The Hall–Kier alpha value is -3.42. The number of rotatable bonds is 6. The Morgan fingerprint density at radius 2 is 2.15 bits per heavy atom. The number of imidazole rings is 1. The number of carbonyl (C=O) groups excluding carboxylic acids is 1. The molecule has 0 aliphatic rings. The average molecular weight is 354 g/mol. The molecule has 0 fully saturated rings. The van der Waals surface area contributed by atoms with Crippen LogP contribution in [0.5, 0.6) is 5.75 Å². The largest absolute Gasteiger partial charge is 0.490 e. The molecule has 3 rings (SSSR count). The molecule has 0 saturated carbocycles. The van der Waals surface area contributed by atoms with Crippen molar-refractivity contribution in [1.29, 1.82) is 0 Å². The number of hydrogen-bond acceptors (Lipinski definition) is 5. The number of nitro groups is 1. The number of nitrogens with zero attached hydrogens (tertiary/aromatic N) is 3. The number of fused-ring (bicyclic) bond motifs is 1. The van der Waals surface area contributed by atoms with E-state index in [0.29, 0.717) is 13.0 Å². The monoisotopic (exact) mass is 354 g/mol. The Bertz CT molecular complexity index is 980. The van der Waals surface area contributed by atoms with Crippen LogP contribution in [0.15, 0.2) is 42.7 Å². The molecule has 1 amide bonds. The molecule has 0 aliphatic carbocycles. The van der Waals surface area contributed by atoms with E-state index in [1.165, 1.54) is 25.3 Å². The van der Waals surface area contributed by atoms with E-state index in [2.05, 4.69) is 10.3 Å². The fourth-order valence-electron chi connectivity index (χ4n) is 2.64. The summed E-state index contributed by atoms with van der Waals surface area (Å²) >= 11 is 0. The molecule has 1 N–H and O–H groups in total. The van der Waals surface area contributed by atoms with E-state index in [9.17, 15) is 14.9 Å². The van der Waals surface area contributed by atoms with Crippen LogP contribution in [-0.2, 0) is 6.42 Å².